The van der Waals surface area contributed by atoms with E-state index in [9.17, 15) is 0 Å². The van der Waals surface area contributed by atoms with Crippen molar-refractivity contribution in [1.29, 1.82) is 0 Å². The number of para-hydroxylation sites is 1. The van der Waals surface area contributed by atoms with Crippen LogP contribution in [0.4, 0.5) is 0 Å². The predicted molar refractivity (Wildman–Crippen MR) is 73.4 cm³/mol. The predicted octanol–water partition coefficient (Wildman–Crippen LogP) is 3.56. The maximum Gasteiger partial charge on any atom is 0.125 e. The van der Waals surface area contributed by atoms with E-state index in [1.54, 1.807) is 0 Å². The average molecular weight is 285 g/mol. The monoisotopic (exact) mass is 284 g/mol. The number of ether oxygens (including phenoxy) is 1. The molecule has 2 aromatic rings. The first-order valence-corrected chi connectivity index (χ1v) is 6.87. The molecule has 2 heterocycles. The van der Waals surface area contributed by atoms with Crippen LogP contribution in [0.1, 0.15) is 19.2 Å². The first kappa shape index (κ1) is 12.3. The molecule has 0 saturated carbocycles. The van der Waals surface area contributed by atoms with Gasteiger partial charge in [-0.2, -0.15) is 0 Å². The van der Waals surface area contributed by atoms with E-state index in [1.165, 1.54) is 0 Å². The quantitative estimate of drug-likeness (QED) is 0.789. The van der Waals surface area contributed by atoms with Gasteiger partial charge in [0.05, 0.1) is 28.6 Å². The number of nitrogens with zero attached hydrogens (tertiary/aromatic N) is 2. The van der Waals surface area contributed by atoms with Crippen molar-refractivity contribution >= 4 is 34.2 Å². The molecule has 1 unspecified atom stereocenters. The summed E-state index contributed by atoms with van der Waals surface area (Å²) in [5.74, 6) is 1.23. The minimum Gasteiger partial charge on any atom is -0.379 e. The summed E-state index contributed by atoms with van der Waals surface area (Å²) in [6.07, 6.45) is 0.967. The molecule has 5 heteroatoms. The highest BCUT2D eigenvalue weighted by atomic mass is 35.5. The summed E-state index contributed by atoms with van der Waals surface area (Å²) in [4.78, 5) is 4.56. The average Bonchev–Trinajstić information content (AvgIpc) is 2.94. The highest BCUT2D eigenvalue weighted by Crippen LogP contribution is 2.34. The third kappa shape index (κ3) is 1.73. The molecule has 3 nitrogen and oxygen atoms in total. The van der Waals surface area contributed by atoms with Crippen molar-refractivity contribution in [2.45, 2.75) is 24.8 Å². The number of rotatable bonds is 2. The SMILES string of the molecule is CC1(n2c(CCl)nc3c(Cl)cccc32)CCOC1. The van der Waals surface area contributed by atoms with E-state index < -0.39 is 0 Å². The van der Waals surface area contributed by atoms with Gasteiger partial charge < -0.3 is 9.30 Å². The number of halogens is 2. The first-order valence-electron chi connectivity index (χ1n) is 5.96. The Morgan fingerprint density at radius 2 is 2.33 bits per heavy atom. The molecule has 1 atom stereocenters. The molecule has 1 aromatic carbocycles. The second-order valence-electron chi connectivity index (χ2n) is 4.90. The second kappa shape index (κ2) is 4.41. The van der Waals surface area contributed by atoms with Gasteiger partial charge in [-0.15, -0.1) is 11.6 Å². The zero-order valence-electron chi connectivity index (χ0n) is 10.1. The van der Waals surface area contributed by atoms with E-state index in [0.29, 0.717) is 17.5 Å². The molecule has 18 heavy (non-hydrogen) atoms. The Bertz CT molecular complexity index is 588. The minimum absolute atomic E-state index is 0.0797. The largest absolute Gasteiger partial charge is 0.379 e. The van der Waals surface area contributed by atoms with Crippen LogP contribution < -0.4 is 0 Å². The lowest BCUT2D eigenvalue weighted by molar-refractivity contribution is 0.162. The van der Waals surface area contributed by atoms with Gasteiger partial charge in [0.2, 0.25) is 0 Å². The molecule has 0 N–H and O–H groups in total. The molecule has 0 amide bonds. The molecular weight excluding hydrogens is 271 g/mol. The summed E-state index contributed by atoms with van der Waals surface area (Å²) >= 11 is 12.2. The van der Waals surface area contributed by atoms with Gasteiger partial charge in [0.1, 0.15) is 11.3 Å². The molecule has 1 saturated heterocycles. The topological polar surface area (TPSA) is 27.1 Å². The van der Waals surface area contributed by atoms with Gasteiger partial charge in [0.15, 0.2) is 0 Å². The van der Waals surface area contributed by atoms with E-state index in [-0.39, 0.29) is 5.54 Å². The normalized spacial score (nSPS) is 23.9. The molecule has 1 aliphatic heterocycles. The maximum atomic E-state index is 6.20. The van der Waals surface area contributed by atoms with Crippen LogP contribution in [0.5, 0.6) is 0 Å². The van der Waals surface area contributed by atoms with Crippen LogP contribution >= 0.6 is 23.2 Å². The van der Waals surface area contributed by atoms with E-state index in [2.05, 4.69) is 16.5 Å². The lowest BCUT2D eigenvalue weighted by Crippen LogP contribution is -2.31. The molecule has 0 bridgehead atoms. The van der Waals surface area contributed by atoms with Gasteiger partial charge in [-0.3, -0.25) is 0 Å². The van der Waals surface area contributed by atoms with Crippen molar-refractivity contribution in [3.8, 4) is 0 Å². The highest BCUT2D eigenvalue weighted by Gasteiger charge is 2.35. The lowest BCUT2D eigenvalue weighted by Gasteiger charge is -2.26. The van der Waals surface area contributed by atoms with Crippen molar-refractivity contribution in [3.63, 3.8) is 0 Å². The smallest absolute Gasteiger partial charge is 0.125 e. The van der Waals surface area contributed by atoms with E-state index in [4.69, 9.17) is 27.9 Å². The van der Waals surface area contributed by atoms with Crippen LogP contribution in [0, 0.1) is 0 Å². The summed E-state index contributed by atoms with van der Waals surface area (Å²) in [5.41, 5.74) is 1.78. The molecular formula is C13H14Cl2N2O. The van der Waals surface area contributed by atoms with Gasteiger partial charge >= 0.3 is 0 Å². The minimum atomic E-state index is -0.0797. The van der Waals surface area contributed by atoms with E-state index in [1.807, 2.05) is 18.2 Å². The number of fused-ring (bicyclic) bond motifs is 1. The maximum absolute atomic E-state index is 6.20. The van der Waals surface area contributed by atoms with Crippen LogP contribution in [-0.4, -0.2) is 22.8 Å². The summed E-state index contributed by atoms with van der Waals surface area (Å²) in [5, 5.41) is 0.667. The molecule has 1 aliphatic rings. The summed E-state index contributed by atoms with van der Waals surface area (Å²) in [6, 6.07) is 5.83. The van der Waals surface area contributed by atoms with Gasteiger partial charge in [-0.05, 0) is 25.5 Å². The number of imidazole rings is 1. The third-order valence-corrected chi connectivity index (χ3v) is 4.11. The molecule has 0 spiro atoms. The number of hydrogen-bond acceptors (Lipinski definition) is 2. The Kier molecular flexibility index (Phi) is 3.00. The van der Waals surface area contributed by atoms with Crippen LogP contribution in [0.25, 0.3) is 11.0 Å². The fraction of sp³-hybridized carbons (Fsp3) is 0.462. The first-order chi connectivity index (χ1) is 8.65. The summed E-state index contributed by atoms with van der Waals surface area (Å²) < 4.78 is 7.73. The molecule has 1 fully saturated rings. The fourth-order valence-corrected chi connectivity index (χ4v) is 3.03. The van der Waals surface area contributed by atoms with Crippen molar-refractivity contribution < 1.29 is 4.74 Å². The summed E-state index contributed by atoms with van der Waals surface area (Å²) in [6.45, 7) is 3.64. The van der Waals surface area contributed by atoms with Crippen molar-refractivity contribution in [2.24, 2.45) is 0 Å². The third-order valence-electron chi connectivity index (χ3n) is 3.56. The number of aromatic nitrogens is 2. The molecule has 0 aliphatic carbocycles. The van der Waals surface area contributed by atoms with Gasteiger partial charge in [0.25, 0.3) is 0 Å². The lowest BCUT2D eigenvalue weighted by atomic mass is 10.0. The second-order valence-corrected chi connectivity index (χ2v) is 5.58. The Labute approximate surface area is 116 Å². The van der Waals surface area contributed by atoms with E-state index >= 15 is 0 Å². The Balaban J connectivity index is 2.29. The molecule has 0 radical (unpaired) electrons. The van der Waals surface area contributed by atoms with Crippen LogP contribution in [-0.2, 0) is 16.2 Å². The number of benzene rings is 1. The number of alkyl halides is 1. The molecule has 96 valence electrons. The van der Waals surface area contributed by atoms with Gasteiger partial charge in [0, 0.05) is 6.61 Å². The highest BCUT2D eigenvalue weighted by molar-refractivity contribution is 6.35. The number of hydrogen-bond donors (Lipinski definition) is 0. The summed E-state index contributed by atoms with van der Waals surface area (Å²) in [7, 11) is 0. The standard InChI is InChI=1S/C13H14Cl2N2O/c1-13(5-6-18-8-13)17-10-4-2-3-9(15)12(10)16-11(17)7-14/h2-4H,5-8H2,1H3. The molecule has 1 aromatic heterocycles. The molecule has 3 rings (SSSR count). The van der Waals surface area contributed by atoms with Gasteiger partial charge in [-0.1, -0.05) is 17.7 Å². The van der Waals surface area contributed by atoms with Crippen molar-refractivity contribution in [1.82, 2.24) is 9.55 Å². The fourth-order valence-electron chi connectivity index (χ4n) is 2.64. The van der Waals surface area contributed by atoms with E-state index in [0.717, 1.165) is 29.9 Å². The van der Waals surface area contributed by atoms with Crippen molar-refractivity contribution in [2.75, 3.05) is 13.2 Å². The van der Waals surface area contributed by atoms with Crippen LogP contribution in [0.3, 0.4) is 0 Å². The zero-order chi connectivity index (χ0) is 12.8. The Hall–Kier alpha value is -0.770. The zero-order valence-corrected chi connectivity index (χ0v) is 11.6. The Morgan fingerprint density at radius 3 is 3.00 bits per heavy atom. The van der Waals surface area contributed by atoms with Crippen LogP contribution in [0.2, 0.25) is 5.02 Å². The van der Waals surface area contributed by atoms with Gasteiger partial charge in [-0.25, -0.2) is 4.98 Å². The van der Waals surface area contributed by atoms with Crippen LogP contribution in [0.15, 0.2) is 18.2 Å². The Morgan fingerprint density at radius 1 is 1.50 bits per heavy atom. The van der Waals surface area contributed by atoms with Crippen molar-refractivity contribution in [3.05, 3.63) is 29.0 Å².